The maximum atomic E-state index is 14.0. The van der Waals surface area contributed by atoms with Crippen molar-refractivity contribution in [3.63, 3.8) is 0 Å². The summed E-state index contributed by atoms with van der Waals surface area (Å²) in [5, 5.41) is 3.03. The highest BCUT2D eigenvalue weighted by Gasteiger charge is 2.40. The van der Waals surface area contributed by atoms with Gasteiger partial charge in [0, 0.05) is 31.1 Å². The van der Waals surface area contributed by atoms with E-state index in [1.54, 1.807) is 6.20 Å². The zero-order valence-corrected chi connectivity index (χ0v) is 15.2. The van der Waals surface area contributed by atoms with E-state index in [-0.39, 0.29) is 5.41 Å². The van der Waals surface area contributed by atoms with Gasteiger partial charge in [0.2, 0.25) is 0 Å². The van der Waals surface area contributed by atoms with Gasteiger partial charge in [-0.25, -0.2) is 19.4 Å². The van der Waals surface area contributed by atoms with Crippen molar-refractivity contribution in [2.75, 3.05) is 13.1 Å². The van der Waals surface area contributed by atoms with E-state index >= 15 is 0 Å². The minimum absolute atomic E-state index is 0.183. The van der Waals surface area contributed by atoms with Crippen LogP contribution >= 0.6 is 0 Å². The van der Waals surface area contributed by atoms with Crippen LogP contribution in [0.5, 0.6) is 0 Å². The van der Waals surface area contributed by atoms with Crippen molar-refractivity contribution >= 4 is 17.2 Å². The minimum atomic E-state index is -1.05. The van der Waals surface area contributed by atoms with Gasteiger partial charge in [0.05, 0.1) is 35.2 Å². The lowest BCUT2D eigenvalue weighted by Crippen LogP contribution is -2.38. The van der Waals surface area contributed by atoms with Crippen LogP contribution in [0.2, 0.25) is 0 Å². The SMILES string of the molecule is CC1(c2cn3c(-c4cccc(/N=C5/CCNC[C@@H]5F)n4)cnc3cn2)CC1. The lowest BCUT2D eigenvalue weighted by molar-refractivity contribution is 0.381. The summed E-state index contributed by atoms with van der Waals surface area (Å²) in [5.41, 5.74) is 4.28. The highest BCUT2D eigenvalue weighted by Crippen LogP contribution is 2.46. The Balaban J connectivity index is 1.54. The quantitative estimate of drug-likeness (QED) is 0.775. The van der Waals surface area contributed by atoms with Gasteiger partial charge in [-0.2, -0.15) is 0 Å². The lowest BCUT2D eigenvalue weighted by atomic mass is 10.1. The first-order valence-corrected chi connectivity index (χ1v) is 9.36. The zero-order chi connectivity index (χ0) is 18.4. The van der Waals surface area contributed by atoms with E-state index in [9.17, 15) is 4.39 Å². The van der Waals surface area contributed by atoms with Gasteiger partial charge in [0.1, 0.15) is 0 Å². The summed E-state index contributed by atoms with van der Waals surface area (Å²) in [6.45, 7) is 3.31. The number of imidazole rings is 1. The summed E-state index contributed by atoms with van der Waals surface area (Å²) in [6, 6.07) is 5.65. The molecule has 0 unspecified atom stereocenters. The Labute approximate surface area is 156 Å². The minimum Gasteiger partial charge on any atom is -0.313 e. The van der Waals surface area contributed by atoms with E-state index in [0.717, 1.165) is 29.3 Å². The molecule has 1 atom stereocenters. The maximum absolute atomic E-state index is 14.0. The molecule has 1 N–H and O–H groups in total. The summed E-state index contributed by atoms with van der Waals surface area (Å²) < 4.78 is 16.1. The van der Waals surface area contributed by atoms with Crippen molar-refractivity contribution in [3.05, 3.63) is 42.5 Å². The van der Waals surface area contributed by atoms with Gasteiger partial charge >= 0.3 is 0 Å². The molecule has 1 saturated carbocycles. The van der Waals surface area contributed by atoms with Crippen molar-refractivity contribution in [1.29, 1.82) is 0 Å². The summed E-state index contributed by atoms with van der Waals surface area (Å²) in [6.07, 6.45) is 7.58. The Morgan fingerprint density at radius 2 is 2.15 bits per heavy atom. The molecule has 1 aliphatic carbocycles. The van der Waals surface area contributed by atoms with Crippen LogP contribution in [-0.2, 0) is 5.41 Å². The number of pyridine rings is 1. The number of aliphatic imine (C=N–C) groups is 1. The Bertz CT molecular complexity index is 1040. The van der Waals surface area contributed by atoms with Crippen molar-refractivity contribution in [2.24, 2.45) is 4.99 Å². The molecule has 0 aromatic carbocycles. The molecule has 27 heavy (non-hydrogen) atoms. The fourth-order valence-corrected chi connectivity index (χ4v) is 3.46. The molecule has 0 bridgehead atoms. The van der Waals surface area contributed by atoms with Crippen LogP contribution in [-0.4, -0.2) is 44.3 Å². The number of nitrogens with one attached hydrogen (secondary N) is 1. The molecule has 4 heterocycles. The number of hydrogen-bond donors (Lipinski definition) is 1. The number of hydrogen-bond acceptors (Lipinski definition) is 5. The molecule has 1 saturated heterocycles. The zero-order valence-electron chi connectivity index (χ0n) is 15.2. The third kappa shape index (κ3) is 3.02. The molecule has 3 aromatic heterocycles. The normalized spacial score (nSPS) is 23.0. The van der Waals surface area contributed by atoms with Gasteiger partial charge in [0.15, 0.2) is 17.6 Å². The molecule has 2 fully saturated rings. The third-order valence-corrected chi connectivity index (χ3v) is 5.51. The number of halogens is 1. The molecule has 1 aliphatic heterocycles. The number of rotatable bonds is 3. The molecule has 5 rings (SSSR count). The molecule has 3 aromatic rings. The van der Waals surface area contributed by atoms with E-state index in [2.05, 4.69) is 38.4 Å². The van der Waals surface area contributed by atoms with Gasteiger partial charge < -0.3 is 5.32 Å². The van der Waals surface area contributed by atoms with Crippen molar-refractivity contribution in [1.82, 2.24) is 24.7 Å². The predicted octanol–water partition coefficient (Wildman–Crippen LogP) is 3.25. The largest absolute Gasteiger partial charge is 0.313 e. The van der Waals surface area contributed by atoms with Gasteiger partial charge in [-0.1, -0.05) is 13.0 Å². The van der Waals surface area contributed by atoms with Gasteiger partial charge in [-0.05, 0) is 25.0 Å². The van der Waals surface area contributed by atoms with Crippen molar-refractivity contribution in [2.45, 2.75) is 37.8 Å². The second-order valence-electron chi connectivity index (χ2n) is 7.61. The molecular formula is C20H21FN6. The Kier molecular flexibility index (Phi) is 3.79. The molecule has 7 heteroatoms. The molecule has 2 aliphatic rings. The Morgan fingerprint density at radius 3 is 2.96 bits per heavy atom. The van der Waals surface area contributed by atoms with Crippen LogP contribution in [0.25, 0.3) is 17.0 Å². The second-order valence-corrected chi connectivity index (χ2v) is 7.61. The first-order chi connectivity index (χ1) is 13.1. The standard InChI is InChI=1S/C20H21FN6/c1-20(6-7-20)17-12-27-16(10-24-19(27)11-23-17)15-3-2-4-18(26-15)25-14-5-8-22-9-13(14)21/h2-4,10-13,22H,5-9H2,1H3/b25-14-/t13-/m0/s1. The number of piperidine rings is 1. The van der Waals surface area contributed by atoms with E-state index in [4.69, 9.17) is 0 Å². The van der Waals surface area contributed by atoms with Crippen LogP contribution in [0.1, 0.15) is 31.9 Å². The first kappa shape index (κ1) is 16.5. The van der Waals surface area contributed by atoms with Crippen LogP contribution in [0, 0.1) is 0 Å². The number of fused-ring (bicyclic) bond motifs is 1. The van der Waals surface area contributed by atoms with Crippen LogP contribution in [0.3, 0.4) is 0 Å². The van der Waals surface area contributed by atoms with Gasteiger partial charge in [0.25, 0.3) is 0 Å². The summed E-state index contributed by atoms with van der Waals surface area (Å²) >= 11 is 0. The first-order valence-electron chi connectivity index (χ1n) is 9.36. The van der Waals surface area contributed by atoms with Crippen LogP contribution in [0.4, 0.5) is 10.2 Å². The summed E-state index contributed by atoms with van der Waals surface area (Å²) in [5.74, 6) is 0.533. The number of alkyl halides is 1. The van der Waals surface area contributed by atoms with Crippen molar-refractivity contribution < 1.29 is 4.39 Å². The van der Waals surface area contributed by atoms with Crippen molar-refractivity contribution in [3.8, 4) is 11.4 Å². The van der Waals surface area contributed by atoms with E-state index in [1.165, 1.54) is 12.8 Å². The molecule has 0 radical (unpaired) electrons. The average Bonchev–Trinajstić information content (AvgIpc) is 3.29. The monoisotopic (exact) mass is 364 g/mol. The fourth-order valence-electron chi connectivity index (χ4n) is 3.46. The summed E-state index contributed by atoms with van der Waals surface area (Å²) in [4.78, 5) is 18.1. The molecular weight excluding hydrogens is 343 g/mol. The van der Waals surface area contributed by atoms with E-state index in [1.807, 2.05) is 28.8 Å². The third-order valence-electron chi connectivity index (χ3n) is 5.51. The molecule has 138 valence electrons. The van der Waals surface area contributed by atoms with Crippen LogP contribution < -0.4 is 5.32 Å². The van der Waals surface area contributed by atoms with E-state index in [0.29, 0.717) is 24.5 Å². The number of aromatic nitrogens is 4. The predicted molar refractivity (Wildman–Crippen MR) is 102 cm³/mol. The van der Waals surface area contributed by atoms with E-state index < -0.39 is 6.17 Å². The topological polar surface area (TPSA) is 67.5 Å². The highest BCUT2D eigenvalue weighted by molar-refractivity contribution is 5.91. The second kappa shape index (κ2) is 6.20. The summed E-state index contributed by atoms with van der Waals surface area (Å²) in [7, 11) is 0. The van der Waals surface area contributed by atoms with Gasteiger partial charge in [-0.3, -0.25) is 9.38 Å². The number of nitrogens with zero attached hydrogens (tertiary/aromatic N) is 5. The molecule has 0 spiro atoms. The average molecular weight is 364 g/mol. The lowest BCUT2D eigenvalue weighted by Gasteiger charge is -2.18. The molecule has 6 nitrogen and oxygen atoms in total. The van der Waals surface area contributed by atoms with Gasteiger partial charge in [-0.15, -0.1) is 0 Å². The molecule has 0 amide bonds. The van der Waals surface area contributed by atoms with Crippen LogP contribution in [0.15, 0.2) is 41.8 Å². The Hall–Kier alpha value is -2.67. The maximum Gasteiger partial charge on any atom is 0.155 e. The Morgan fingerprint density at radius 1 is 1.26 bits per heavy atom. The highest BCUT2D eigenvalue weighted by atomic mass is 19.1. The fraction of sp³-hybridized carbons (Fsp3) is 0.400. The smallest absolute Gasteiger partial charge is 0.155 e.